The van der Waals surface area contributed by atoms with E-state index in [0.29, 0.717) is 12.8 Å². The number of hydrogen-bond acceptors (Lipinski definition) is 5. The van der Waals surface area contributed by atoms with E-state index in [1.54, 1.807) is 0 Å². The van der Waals surface area contributed by atoms with Crippen LogP contribution in [0.5, 0.6) is 0 Å². The minimum absolute atomic E-state index is 0.0722. The van der Waals surface area contributed by atoms with Crippen LogP contribution in [0.1, 0.15) is 232 Å². The maximum Gasteiger partial charge on any atom is 0.306 e. The largest absolute Gasteiger partial charge is 0.462 e. The quantitative estimate of drug-likeness (QED) is 0.0375. The van der Waals surface area contributed by atoms with Gasteiger partial charge in [-0.05, 0) is 89.9 Å². The molecule has 0 bridgehead atoms. The van der Waals surface area contributed by atoms with Gasteiger partial charge in [-0.15, -0.1) is 0 Å². The van der Waals surface area contributed by atoms with Gasteiger partial charge in [0.25, 0.3) is 0 Å². The third kappa shape index (κ3) is 49.5. The molecule has 0 spiro atoms. The molecule has 0 radical (unpaired) electrons. The topological polar surface area (TPSA) is 72.8 Å². The summed E-state index contributed by atoms with van der Waals surface area (Å²) in [5.74, 6) is -0.603. The second kappa shape index (κ2) is 52.2. The Hall–Kier alpha value is -3.18. The summed E-state index contributed by atoms with van der Waals surface area (Å²) in [5.41, 5.74) is 0. The van der Waals surface area contributed by atoms with Crippen LogP contribution in [-0.2, 0) is 19.1 Å². The van der Waals surface area contributed by atoms with Crippen molar-refractivity contribution >= 4 is 11.9 Å². The highest BCUT2D eigenvalue weighted by Crippen LogP contribution is 2.15. The first-order valence-electron chi connectivity index (χ1n) is 25.8. The monoisotopic (exact) mass is 861 g/mol. The zero-order valence-electron chi connectivity index (χ0n) is 40.4. The predicted octanol–water partition coefficient (Wildman–Crippen LogP) is 17.2. The van der Waals surface area contributed by atoms with Crippen LogP contribution in [0.15, 0.2) is 97.2 Å². The molecular formula is C57H96O5. The van der Waals surface area contributed by atoms with Gasteiger partial charge in [-0.1, -0.05) is 227 Å². The molecule has 0 amide bonds. The number of hydrogen-bond donors (Lipinski definition) is 1. The third-order valence-electron chi connectivity index (χ3n) is 10.9. The Morgan fingerprint density at radius 3 is 1.06 bits per heavy atom. The van der Waals surface area contributed by atoms with E-state index in [0.717, 1.165) is 89.9 Å². The van der Waals surface area contributed by atoms with E-state index < -0.39 is 6.10 Å². The number of unbranched alkanes of at least 4 members (excludes halogenated alkanes) is 22. The Balaban J connectivity index is 3.49. The number of rotatable bonds is 46. The van der Waals surface area contributed by atoms with E-state index in [-0.39, 0.29) is 25.2 Å². The molecule has 0 heterocycles. The summed E-state index contributed by atoms with van der Waals surface area (Å²) in [6, 6.07) is 0. The lowest BCUT2D eigenvalue weighted by Crippen LogP contribution is -2.28. The summed E-state index contributed by atoms with van der Waals surface area (Å²) in [6.45, 7) is 3.97. The van der Waals surface area contributed by atoms with E-state index in [9.17, 15) is 14.7 Å². The molecule has 62 heavy (non-hydrogen) atoms. The molecule has 0 aliphatic heterocycles. The van der Waals surface area contributed by atoms with Gasteiger partial charge in [0, 0.05) is 12.8 Å². The Morgan fingerprint density at radius 2 is 0.694 bits per heavy atom. The number of ether oxygens (including phenoxy) is 2. The first-order chi connectivity index (χ1) is 30.6. The second-order valence-electron chi connectivity index (χ2n) is 16.9. The van der Waals surface area contributed by atoms with E-state index in [4.69, 9.17) is 9.47 Å². The number of carbonyl (C=O) groups excluding carboxylic acids is 2. The Kier molecular flexibility index (Phi) is 49.5. The molecule has 0 fully saturated rings. The van der Waals surface area contributed by atoms with Crippen molar-refractivity contribution in [3.63, 3.8) is 0 Å². The van der Waals surface area contributed by atoms with Crippen molar-refractivity contribution in [3.05, 3.63) is 97.2 Å². The number of carbonyl (C=O) groups is 2. The molecule has 0 aromatic carbocycles. The van der Waals surface area contributed by atoms with Crippen molar-refractivity contribution in [2.24, 2.45) is 0 Å². The highest BCUT2D eigenvalue weighted by molar-refractivity contribution is 5.70. The molecule has 0 rings (SSSR count). The van der Waals surface area contributed by atoms with Crippen LogP contribution in [0, 0.1) is 0 Å². The summed E-state index contributed by atoms with van der Waals surface area (Å²) in [6.07, 6.45) is 73.8. The molecule has 354 valence electrons. The molecule has 0 aliphatic carbocycles. The lowest BCUT2D eigenvalue weighted by molar-refractivity contribution is -0.161. The minimum atomic E-state index is -0.777. The van der Waals surface area contributed by atoms with Gasteiger partial charge >= 0.3 is 11.9 Å². The molecular weight excluding hydrogens is 765 g/mol. The lowest BCUT2D eigenvalue weighted by atomic mass is 10.0. The lowest BCUT2D eigenvalue weighted by Gasteiger charge is -2.15. The number of esters is 2. The van der Waals surface area contributed by atoms with E-state index >= 15 is 0 Å². The molecule has 0 saturated heterocycles. The van der Waals surface area contributed by atoms with Gasteiger partial charge in [0.15, 0.2) is 6.10 Å². The van der Waals surface area contributed by atoms with Gasteiger partial charge in [0.05, 0.1) is 6.61 Å². The van der Waals surface area contributed by atoms with Crippen molar-refractivity contribution in [3.8, 4) is 0 Å². The summed E-state index contributed by atoms with van der Waals surface area (Å²) < 4.78 is 10.6. The zero-order valence-corrected chi connectivity index (χ0v) is 40.4. The highest BCUT2D eigenvalue weighted by atomic mass is 16.6. The molecule has 1 atom stereocenters. The fourth-order valence-corrected chi connectivity index (χ4v) is 6.99. The van der Waals surface area contributed by atoms with Crippen LogP contribution in [-0.4, -0.2) is 36.4 Å². The molecule has 0 aromatic heterocycles. The third-order valence-corrected chi connectivity index (χ3v) is 10.9. The summed E-state index contributed by atoms with van der Waals surface area (Å²) in [4.78, 5) is 24.3. The van der Waals surface area contributed by atoms with E-state index in [1.807, 2.05) is 0 Å². The van der Waals surface area contributed by atoms with Crippen LogP contribution < -0.4 is 0 Å². The van der Waals surface area contributed by atoms with Crippen LogP contribution >= 0.6 is 0 Å². The molecule has 1 unspecified atom stereocenters. The Morgan fingerprint density at radius 1 is 0.387 bits per heavy atom. The average molecular weight is 861 g/mol. The predicted molar refractivity (Wildman–Crippen MR) is 269 cm³/mol. The fraction of sp³-hybridized carbons (Fsp3) is 0.684. The van der Waals surface area contributed by atoms with Gasteiger partial charge in [-0.25, -0.2) is 0 Å². The molecule has 0 saturated carbocycles. The fourth-order valence-electron chi connectivity index (χ4n) is 6.99. The van der Waals surface area contributed by atoms with Gasteiger partial charge in [-0.3, -0.25) is 9.59 Å². The van der Waals surface area contributed by atoms with Crippen LogP contribution in [0.4, 0.5) is 0 Å². The minimum Gasteiger partial charge on any atom is -0.462 e. The standard InChI is InChI=1S/C57H96O5/c1-3-5-7-9-11-13-15-16-17-18-19-20-21-22-23-24-25-26-27-28-29-30-31-32-33-34-35-36-37-38-39-40-42-44-46-48-50-52-57(60)62-55(53-58)54-61-56(59)51-49-47-45-43-41-14-12-10-8-6-4-2/h5,7,10-13,16-17,19-20,22-23,25-26,28-29,55,58H,3-4,6,8-9,14-15,18,21,24,27,30-54H2,1-2H3/b7-5-,12-10-,13-11-,17-16-,20-19-,23-22-,26-25-,29-28-. The maximum absolute atomic E-state index is 12.2. The van der Waals surface area contributed by atoms with Crippen LogP contribution in [0.2, 0.25) is 0 Å². The van der Waals surface area contributed by atoms with Gasteiger partial charge < -0.3 is 14.6 Å². The summed E-state index contributed by atoms with van der Waals surface area (Å²) in [7, 11) is 0. The smallest absolute Gasteiger partial charge is 0.306 e. The average Bonchev–Trinajstić information content (AvgIpc) is 3.28. The first kappa shape index (κ1) is 58.8. The van der Waals surface area contributed by atoms with Crippen molar-refractivity contribution in [2.45, 2.75) is 238 Å². The first-order valence-corrected chi connectivity index (χ1v) is 25.8. The van der Waals surface area contributed by atoms with Crippen molar-refractivity contribution < 1.29 is 24.2 Å². The summed E-state index contributed by atoms with van der Waals surface area (Å²) in [5, 5.41) is 9.59. The highest BCUT2D eigenvalue weighted by Gasteiger charge is 2.16. The summed E-state index contributed by atoms with van der Waals surface area (Å²) >= 11 is 0. The Bertz CT molecular complexity index is 1200. The van der Waals surface area contributed by atoms with Gasteiger partial charge in [-0.2, -0.15) is 0 Å². The van der Waals surface area contributed by atoms with E-state index in [2.05, 4.69) is 111 Å². The van der Waals surface area contributed by atoms with Crippen LogP contribution in [0.3, 0.4) is 0 Å². The molecule has 0 aromatic rings. The maximum atomic E-state index is 12.2. The van der Waals surface area contributed by atoms with Crippen molar-refractivity contribution in [1.29, 1.82) is 0 Å². The van der Waals surface area contributed by atoms with Crippen LogP contribution in [0.25, 0.3) is 0 Å². The SMILES string of the molecule is CC/C=C\C/C=C\C/C=C\C/C=C\C/C=C\C/C=C\C/C=C\CCCCCCCCCCCCCCCCCC(=O)OC(CO)COC(=O)CCCCCCC/C=C\CCCC. The number of aliphatic hydroxyl groups is 1. The van der Waals surface area contributed by atoms with E-state index in [1.165, 1.54) is 116 Å². The molecule has 5 heteroatoms. The molecule has 0 aliphatic rings. The molecule has 5 nitrogen and oxygen atoms in total. The zero-order chi connectivity index (χ0) is 44.9. The van der Waals surface area contributed by atoms with Crippen molar-refractivity contribution in [2.75, 3.05) is 13.2 Å². The van der Waals surface area contributed by atoms with Gasteiger partial charge in [0.1, 0.15) is 6.61 Å². The van der Waals surface area contributed by atoms with Gasteiger partial charge in [0.2, 0.25) is 0 Å². The molecule has 1 N–H and O–H groups in total. The number of aliphatic hydroxyl groups excluding tert-OH is 1. The second-order valence-corrected chi connectivity index (χ2v) is 16.9. The van der Waals surface area contributed by atoms with Crippen molar-refractivity contribution in [1.82, 2.24) is 0 Å². The Labute approximate surface area is 383 Å². The normalized spacial score (nSPS) is 13.0. The number of allylic oxidation sites excluding steroid dienone is 16.